The van der Waals surface area contributed by atoms with Gasteiger partial charge in [-0.3, -0.25) is 14.7 Å². The Morgan fingerprint density at radius 2 is 1.92 bits per heavy atom. The molecule has 6 nitrogen and oxygen atoms in total. The molecule has 2 aromatic carbocycles. The van der Waals surface area contributed by atoms with Gasteiger partial charge >= 0.3 is 0 Å². The van der Waals surface area contributed by atoms with Crippen molar-refractivity contribution < 1.29 is 9.63 Å². The van der Waals surface area contributed by atoms with Gasteiger partial charge in [-0.05, 0) is 17.2 Å². The fraction of sp³-hybridized carbons (Fsp3) is 0.118. The minimum Gasteiger partial charge on any atom is -0.269 e. The highest BCUT2D eigenvalue weighted by atomic mass is 32.2. The number of hydrogen-bond acceptors (Lipinski definition) is 5. The Labute approximate surface area is 143 Å². The molecule has 0 saturated heterocycles. The monoisotopic (exact) mass is 340 g/mol. The third-order valence-electron chi connectivity index (χ3n) is 3.27. The average Bonchev–Trinajstić information content (AvgIpc) is 3.14. The smallest absolute Gasteiger partial charge is 0.269 e. The van der Waals surface area contributed by atoms with Gasteiger partial charge in [-0.25, -0.2) is 10.5 Å². The van der Waals surface area contributed by atoms with E-state index >= 15 is 0 Å². The molecule has 7 heteroatoms. The first-order valence-corrected chi connectivity index (χ1v) is 8.33. The van der Waals surface area contributed by atoms with Crippen molar-refractivity contribution in [3.05, 3.63) is 77.6 Å². The van der Waals surface area contributed by atoms with E-state index in [1.54, 1.807) is 6.07 Å². The van der Waals surface area contributed by atoms with Crippen molar-refractivity contribution in [3.63, 3.8) is 0 Å². The maximum absolute atomic E-state index is 12.3. The molecule has 24 heavy (non-hydrogen) atoms. The lowest BCUT2D eigenvalue weighted by atomic mass is 10.1. The highest BCUT2D eigenvalue weighted by Gasteiger charge is 2.11. The molecule has 2 N–H and O–H groups in total. The molecule has 0 spiro atoms. The normalized spacial score (nSPS) is 10.5. The van der Waals surface area contributed by atoms with Crippen LogP contribution in [0, 0.1) is 0 Å². The van der Waals surface area contributed by atoms with Gasteiger partial charge in [0.15, 0.2) is 5.16 Å². The Morgan fingerprint density at radius 3 is 2.71 bits per heavy atom. The number of nitrogens with zero attached hydrogens (tertiary/aromatic N) is 2. The lowest BCUT2D eigenvalue weighted by Gasteiger charge is -2.09. The lowest BCUT2D eigenvalue weighted by molar-refractivity contribution is 0.0233. The summed E-state index contributed by atoms with van der Waals surface area (Å²) in [4.78, 5) is 21.7. The molecule has 0 saturated carbocycles. The molecule has 3 rings (SSSR count). The first kappa shape index (κ1) is 16.2. The Balaban J connectivity index is 1.57. The largest absolute Gasteiger partial charge is 0.275 e. The molecule has 0 unspecified atom stereocenters. The van der Waals surface area contributed by atoms with E-state index < -0.39 is 0 Å². The van der Waals surface area contributed by atoms with Crippen LogP contribution in [-0.2, 0) is 17.2 Å². The van der Waals surface area contributed by atoms with Crippen LogP contribution in [0.15, 0.2) is 66.1 Å². The van der Waals surface area contributed by atoms with E-state index in [-0.39, 0.29) is 5.91 Å². The van der Waals surface area contributed by atoms with E-state index in [9.17, 15) is 4.79 Å². The third-order valence-corrected chi connectivity index (χ3v) is 4.19. The van der Waals surface area contributed by atoms with E-state index in [2.05, 4.69) is 20.7 Å². The van der Waals surface area contributed by atoms with Crippen molar-refractivity contribution in [2.75, 3.05) is 0 Å². The summed E-state index contributed by atoms with van der Waals surface area (Å²) >= 11 is 1.48. The number of benzene rings is 2. The summed E-state index contributed by atoms with van der Waals surface area (Å²) in [5.41, 5.74) is 4.97. The number of rotatable bonds is 7. The number of aromatic amines is 1. The highest BCUT2D eigenvalue weighted by Crippen LogP contribution is 2.21. The number of carbonyl (C=O) groups excluding carboxylic acids is 1. The van der Waals surface area contributed by atoms with Crippen LogP contribution in [0.25, 0.3) is 0 Å². The van der Waals surface area contributed by atoms with Crippen molar-refractivity contribution in [3.8, 4) is 0 Å². The van der Waals surface area contributed by atoms with Crippen molar-refractivity contribution in [2.45, 2.75) is 17.5 Å². The molecule has 0 atom stereocenters. The third kappa shape index (κ3) is 4.43. The van der Waals surface area contributed by atoms with Gasteiger partial charge in [0.2, 0.25) is 0 Å². The summed E-state index contributed by atoms with van der Waals surface area (Å²) in [5.74, 6) is 0.344. The quantitative estimate of drug-likeness (QED) is 0.510. The van der Waals surface area contributed by atoms with Crippen LogP contribution in [0.5, 0.6) is 0 Å². The molecule has 1 amide bonds. The van der Waals surface area contributed by atoms with Crippen LogP contribution in [0.3, 0.4) is 0 Å². The van der Waals surface area contributed by atoms with Gasteiger partial charge in [0.05, 0.1) is 6.61 Å². The van der Waals surface area contributed by atoms with E-state index in [1.165, 1.54) is 18.1 Å². The van der Waals surface area contributed by atoms with Gasteiger partial charge in [-0.1, -0.05) is 60.3 Å². The summed E-state index contributed by atoms with van der Waals surface area (Å²) in [6, 6.07) is 17.1. The van der Waals surface area contributed by atoms with Crippen molar-refractivity contribution in [1.29, 1.82) is 0 Å². The standard InChI is InChI=1S/C17H16N4O2S/c22-16(21-23-10-13-6-2-1-3-7-13)15-9-5-4-8-14(15)11-24-17-18-12-19-20-17/h1-9,12H,10-11H2,(H,21,22)(H,18,19,20). The first-order chi connectivity index (χ1) is 11.8. The van der Waals surface area contributed by atoms with Gasteiger partial charge in [-0.2, -0.15) is 5.10 Å². The second-order valence-electron chi connectivity index (χ2n) is 4.94. The van der Waals surface area contributed by atoms with E-state index in [0.29, 0.717) is 23.1 Å². The topological polar surface area (TPSA) is 79.9 Å². The maximum Gasteiger partial charge on any atom is 0.275 e. The molecule has 0 aliphatic heterocycles. The molecule has 3 aromatic rings. The minimum absolute atomic E-state index is 0.264. The maximum atomic E-state index is 12.3. The van der Waals surface area contributed by atoms with Gasteiger partial charge in [0.1, 0.15) is 6.33 Å². The fourth-order valence-corrected chi connectivity index (χ4v) is 2.87. The number of thioether (sulfide) groups is 1. The Hall–Kier alpha value is -2.64. The van der Waals surface area contributed by atoms with Crippen LogP contribution in [-0.4, -0.2) is 21.1 Å². The Bertz CT molecular complexity index is 778. The molecule has 1 heterocycles. The summed E-state index contributed by atoms with van der Waals surface area (Å²) in [6.45, 7) is 0.321. The second-order valence-corrected chi connectivity index (χ2v) is 5.91. The Morgan fingerprint density at radius 1 is 1.12 bits per heavy atom. The summed E-state index contributed by atoms with van der Waals surface area (Å²) in [6.07, 6.45) is 1.46. The molecular weight excluding hydrogens is 324 g/mol. The van der Waals surface area contributed by atoms with Crippen LogP contribution in [0.1, 0.15) is 21.5 Å². The van der Waals surface area contributed by atoms with E-state index in [0.717, 1.165) is 11.1 Å². The molecular formula is C17H16N4O2S. The average molecular weight is 340 g/mol. The van der Waals surface area contributed by atoms with Gasteiger partial charge in [-0.15, -0.1) is 0 Å². The number of hydroxylamine groups is 1. The molecule has 0 aliphatic carbocycles. The zero-order valence-electron chi connectivity index (χ0n) is 12.8. The number of hydrogen-bond donors (Lipinski definition) is 2. The number of nitrogens with one attached hydrogen (secondary N) is 2. The number of amides is 1. The van der Waals surface area contributed by atoms with Crippen LogP contribution in [0.2, 0.25) is 0 Å². The fourth-order valence-electron chi connectivity index (χ4n) is 2.09. The van der Waals surface area contributed by atoms with E-state index in [1.807, 2.05) is 48.5 Å². The van der Waals surface area contributed by atoms with Crippen molar-refractivity contribution >= 4 is 17.7 Å². The molecule has 0 bridgehead atoms. The zero-order valence-corrected chi connectivity index (χ0v) is 13.6. The Kier molecular flexibility index (Phi) is 5.60. The predicted molar refractivity (Wildman–Crippen MR) is 91.1 cm³/mol. The molecule has 1 aromatic heterocycles. The SMILES string of the molecule is O=C(NOCc1ccccc1)c1ccccc1CSc1ncn[nH]1. The van der Waals surface area contributed by atoms with Crippen molar-refractivity contribution in [1.82, 2.24) is 20.7 Å². The number of aromatic nitrogens is 3. The van der Waals surface area contributed by atoms with Crippen LogP contribution in [0.4, 0.5) is 0 Å². The summed E-state index contributed by atoms with van der Waals surface area (Å²) in [5, 5.41) is 7.30. The summed E-state index contributed by atoms with van der Waals surface area (Å²) in [7, 11) is 0. The molecule has 0 radical (unpaired) electrons. The lowest BCUT2D eigenvalue weighted by Crippen LogP contribution is -2.24. The predicted octanol–water partition coefficient (Wildman–Crippen LogP) is 2.96. The summed E-state index contributed by atoms with van der Waals surface area (Å²) < 4.78 is 0. The highest BCUT2D eigenvalue weighted by molar-refractivity contribution is 7.98. The first-order valence-electron chi connectivity index (χ1n) is 7.35. The second kappa shape index (κ2) is 8.28. The zero-order chi connectivity index (χ0) is 16.6. The van der Waals surface area contributed by atoms with Crippen LogP contribution >= 0.6 is 11.8 Å². The van der Waals surface area contributed by atoms with Gasteiger partial charge in [0.25, 0.3) is 5.91 Å². The number of H-pyrrole nitrogens is 1. The van der Waals surface area contributed by atoms with E-state index in [4.69, 9.17) is 4.84 Å². The van der Waals surface area contributed by atoms with Gasteiger partial charge < -0.3 is 0 Å². The van der Waals surface area contributed by atoms with Gasteiger partial charge in [0, 0.05) is 11.3 Å². The minimum atomic E-state index is -0.264. The number of carbonyl (C=O) groups is 1. The molecule has 0 fully saturated rings. The molecule has 0 aliphatic rings. The van der Waals surface area contributed by atoms with Crippen LogP contribution < -0.4 is 5.48 Å². The van der Waals surface area contributed by atoms with Crippen molar-refractivity contribution in [2.24, 2.45) is 0 Å². The molecule has 122 valence electrons.